The van der Waals surface area contributed by atoms with Crippen LogP contribution >= 0.6 is 0 Å². The zero-order chi connectivity index (χ0) is 22.2. The van der Waals surface area contributed by atoms with Crippen molar-refractivity contribution in [2.45, 2.75) is 19.5 Å². The SMILES string of the molecule is COc1ccc(OC)c(NC(=O)C(C)NC(=O)N2CCN(Cc3ccccc3)CC2)c1. The minimum absolute atomic E-state index is 0.236. The maximum atomic E-state index is 12.6. The Morgan fingerprint density at radius 1 is 1.00 bits per heavy atom. The number of amides is 3. The van der Waals surface area contributed by atoms with Gasteiger partial charge in [0.1, 0.15) is 17.5 Å². The minimum Gasteiger partial charge on any atom is -0.497 e. The lowest BCUT2D eigenvalue weighted by molar-refractivity contribution is -0.117. The first-order valence-electron chi connectivity index (χ1n) is 10.3. The van der Waals surface area contributed by atoms with Crippen LogP contribution in [-0.2, 0) is 11.3 Å². The van der Waals surface area contributed by atoms with Crippen LogP contribution in [0.5, 0.6) is 11.5 Å². The topological polar surface area (TPSA) is 83.1 Å². The van der Waals surface area contributed by atoms with Gasteiger partial charge in [-0.05, 0) is 24.6 Å². The highest BCUT2D eigenvalue weighted by atomic mass is 16.5. The third kappa shape index (κ3) is 6.11. The molecular formula is C23H30N4O4. The number of piperazine rings is 1. The van der Waals surface area contributed by atoms with Gasteiger partial charge in [-0.3, -0.25) is 9.69 Å². The summed E-state index contributed by atoms with van der Waals surface area (Å²) in [4.78, 5) is 29.3. The molecule has 1 heterocycles. The predicted octanol–water partition coefficient (Wildman–Crippen LogP) is 2.56. The standard InChI is InChI=1S/C23H30N4O4/c1-17(22(28)25-20-15-19(30-2)9-10-21(20)31-3)24-23(29)27-13-11-26(12-14-27)16-18-7-5-4-6-8-18/h4-10,15,17H,11-14,16H2,1-3H3,(H,24,29)(H,25,28). The maximum absolute atomic E-state index is 12.6. The van der Waals surface area contributed by atoms with E-state index in [1.165, 1.54) is 12.7 Å². The number of carbonyl (C=O) groups excluding carboxylic acids is 2. The maximum Gasteiger partial charge on any atom is 0.318 e. The summed E-state index contributed by atoms with van der Waals surface area (Å²) in [5.74, 6) is 0.783. The van der Waals surface area contributed by atoms with E-state index in [1.54, 1.807) is 37.1 Å². The highest BCUT2D eigenvalue weighted by Gasteiger charge is 2.24. The first-order valence-corrected chi connectivity index (χ1v) is 10.3. The van der Waals surface area contributed by atoms with Crippen molar-refractivity contribution in [1.82, 2.24) is 15.1 Å². The molecule has 166 valence electrons. The summed E-state index contributed by atoms with van der Waals surface area (Å²) >= 11 is 0. The molecule has 2 N–H and O–H groups in total. The lowest BCUT2D eigenvalue weighted by Crippen LogP contribution is -2.54. The van der Waals surface area contributed by atoms with Crippen LogP contribution in [0.4, 0.5) is 10.5 Å². The van der Waals surface area contributed by atoms with Crippen LogP contribution in [0.15, 0.2) is 48.5 Å². The highest BCUT2D eigenvalue weighted by Crippen LogP contribution is 2.28. The Balaban J connectivity index is 1.49. The number of ether oxygens (including phenoxy) is 2. The fourth-order valence-corrected chi connectivity index (χ4v) is 3.45. The normalized spacial score (nSPS) is 15.1. The fraction of sp³-hybridized carbons (Fsp3) is 0.391. The Hall–Kier alpha value is -3.26. The number of benzene rings is 2. The third-order valence-electron chi connectivity index (χ3n) is 5.31. The van der Waals surface area contributed by atoms with Gasteiger partial charge in [-0.1, -0.05) is 30.3 Å². The summed E-state index contributed by atoms with van der Waals surface area (Å²) in [7, 11) is 3.08. The molecule has 0 aliphatic carbocycles. The van der Waals surface area contributed by atoms with E-state index in [1.807, 2.05) is 18.2 Å². The summed E-state index contributed by atoms with van der Waals surface area (Å²) in [5.41, 5.74) is 1.75. The largest absolute Gasteiger partial charge is 0.497 e. The van der Waals surface area contributed by atoms with Crippen LogP contribution in [0.3, 0.4) is 0 Å². The monoisotopic (exact) mass is 426 g/mol. The lowest BCUT2D eigenvalue weighted by Gasteiger charge is -2.35. The van der Waals surface area contributed by atoms with E-state index in [4.69, 9.17) is 9.47 Å². The van der Waals surface area contributed by atoms with Gasteiger partial charge >= 0.3 is 6.03 Å². The quantitative estimate of drug-likeness (QED) is 0.711. The van der Waals surface area contributed by atoms with Crippen molar-refractivity contribution >= 4 is 17.6 Å². The Kier molecular flexibility index (Phi) is 7.72. The number of carbonyl (C=O) groups is 2. The van der Waals surface area contributed by atoms with Crippen LogP contribution < -0.4 is 20.1 Å². The highest BCUT2D eigenvalue weighted by molar-refractivity contribution is 5.98. The van der Waals surface area contributed by atoms with E-state index in [9.17, 15) is 9.59 Å². The van der Waals surface area contributed by atoms with Crippen molar-refractivity contribution in [3.05, 3.63) is 54.1 Å². The van der Waals surface area contributed by atoms with Gasteiger partial charge in [0.15, 0.2) is 0 Å². The Morgan fingerprint density at radius 2 is 1.71 bits per heavy atom. The second-order valence-corrected chi connectivity index (χ2v) is 7.48. The predicted molar refractivity (Wildman–Crippen MR) is 119 cm³/mol. The number of anilines is 1. The first-order chi connectivity index (χ1) is 15.0. The number of nitrogens with one attached hydrogen (secondary N) is 2. The lowest BCUT2D eigenvalue weighted by atomic mass is 10.2. The van der Waals surface area contributed by atoms with Crippen LogP contribution in [0.25, 0.3) is 0 Å². The van der Waals surface area contributed by atoms with E-state index >= 15 is 0 Å². The molecule has 8 heteroatoms. The smallest absolute Gasteiger partial charge is 0.318 e. The van der Waals surface area contributed by atoms with Crippen molar-refractivity contribution in [3.8, 4) is 11.5 Å². The van der Waals surface area contributed by atoms with Crippen molar-refractivity contribution in [2.24, 2.45) is 0 Å². The van der Waals surface area contributed by atoms with Crippen LogP contribution in [-0.4, -0.2) is 68.2 Å². The van der Waals surface area contributed by atoms with Crippen LogP contribution in [0.2, 0.25) is 0 Å². The second kappa shape index (κ2) is 10.7. The summed E-state index contributed by atoms with van der Waals surface area (Å²) in [6, 6.07) is 14.5. The molecule has 1 aliphatic rings. The van der Waals surface area contributed by atoms with Crippen molar-refractivity contribution in [2.75, 3.05) is 45.7 Å². The Morgan fingerprint density at radius 3 is 2.35 bits per heavy atom. The van der Waals surface area contributed by atoms with Crippen LogP contribution in [0.1, 0.15) is 12.5 Å². The molecule has 8 nitrogen and oxygen atoms in total. The summed E-state index contributed by atoms with van der Waals surface area (Å²) in [6.45, 7) is 5.37. The van der Waals surface area contributed by atoms with E-state index < -0.39 is 6.04 Å². The summed E-state index contributed by atoms with van der Waals surface area (Å²) < 4.78 is 10.5. The fourth-order valence-electron chi connectivity index (χ4n) is 3.45. The Bertz CT molecular complexity index is 882. The van der Waals surface area contributed by atoms with Crippen molar-refractivity contribution in [3.63, 3.8) is 0 Å². The molecule has 3 rings (SSSR count). The summed E-state index contributed by atoms with van der Waals surface area (Å²) in [5, 5.41) is 5.58. The molecule has 0 radical (unpaired) electrons. The Labute approximate surface area is 183 Å². The molecule has 1 unspecified atom stereocenters. The number of methoxy groups -OCH3 is 2. The average Bonchev–Trinajstić information content (AvgIpc) is 2.80. The van der Waals surface area contributed by atoms with Crippen molar-refractivity contribution in [1.29, 1.82) is 0 Å². The van der Waals surface area contributed by atoms with Gasteiger partial charge in [-0.15, -0.1) is 0 Å². The molecule has 1 aliphatic heterocycles. The first kappa shape index (κ1) is 22.4. The van der Waals surface area contributed by atoms with Gasteiger partial charge in [-0.25, -0.2) is 4.79 Å². The molecule has 0 saturated carbocycles. The van der Waals surface area contributed by atoms with Gasteiger partial charge in [0.2, 0.25) is 5.91 Å². The van der Waals surface area contributed by atoms with Gasteiger partial charge in [0.05, 0.1) is 19.9 Å². The molecule has 1 fully saturated rings. The minimum atomic E-state index is -0.703. The number of nitrogens with zero attached hydrogens (tertiary/aromatic N) is 2. The molecular weight excluding hydrogens is 396 g/mol. The van der Waals surface area contributed by atoms with E-state index in [-0.39, 0.29) is 11.9 Å². The molecule has 1 atom stereocenters. The van der Waals surface area contributed by atoms with Gasteiger partial charge in [0.25, 0.3) is 0 Å². The molecule has 31 heavy (non-hydrogen) atoms. The molecule has 2 aromatic rings. The van der Waals surface area contributed by atoms with E-state index in [2.05, 4.69) is 27.7 Å². The molecule has 0 bridgehead atoms. The molecule has 3 amide bonds. The number of hydrogen-bond acceptors (Lipinski definition) is 5. The summed E-state index contributed by atoms with van der Waals surface area (Å²) in [6.07, 6.45) is 0. The molecule has 2 aromatic carbocycles. The molecule has 0 spiro atoms. The van der Waals surface area contributed by atoms with Gasteiger partial charge < -0.3 is 25.0 Å². The molecule has 0 aromatic heterocycles. The molecule has 1 saturated heterocycles. The number of rotatable bonds is 7. The third-order valence-corrected chi connectivity index (χ3v) is 5.31. The zero-order valence-corrected chi connectivity index (χ0v) is 18.3. The van der Waals surface area contributed by atoms with Gasteiger partial charge in [-0.2, -0.15) is 0 Å². The van der Waals surface area contributed by atoms with E-state index in [0.29, 0.717) is 30.3 Å². The van der Waals surface area contributed by atoms with Crippen LogP contribution in [0, 0.1) is 0 Å². The zero-order valence-electron chi connectivity index (χ0n) is 18.3. The average molecular weight is 427 g/mol. The van der Waals surface area contributed by atoms with Crippen molar-refractivity contribution < 1.29 is 19.1 Å². The second-order valence-electron chi connectivity index (χ2n) is 7.48. The number of hydrogen-bond donors (Lipinski definition) is 2. The number of urea groups is 1. The van der Waals surface area contributed by atoms with Gasteiger partial charge in [0, 0.05) is 38.8 Å². The van der Waals surface area contributed by atoms with E-state index in [0.717, 1.165) is 19.6 Å².